The van der Waals surface area contributed by atoms with Gasteiger partial charge in [-0.1, -0.05) is 74.5 Å². The number of benzene rings is 4. The molecule has 1 aliphatic carbocycles. The molecule has 5 rings (SSSR count). The van der Waals surface area contributed by atoms with E-state index >= 15 is 0 Å². The Morgan fingerprint density at radius 3 is 1.87 bits per heavy atom. The zero-order valence-electron chi connectivity index (χ0n) is 21.7. The highest BCUT2D eigenvalue weighted by atomic mass is 16.5. The van der Waals surface area contributed by atoms with Gasteiger partial charge in [-0.15, -0.1) is 0 Å². The fraction of sp³-hybridized carbons (Fsp3) is 0.152. The molecule has 5 heteroatoms. The van der Waals surface area contributed by atoms with Crippen LogP contribution in [0.5, 0.6) is 23.0 Å². The lowest BCUT2D eigenvalue weighted by Crippen LogP contribution is -2.27. The summed E-state index contributed by atoms with van der Waals surface area (Å²) >= 11 is 0. The van der Waals surface area contributed by atoms with E-state index in [1.54, 1.807) is 0 Å². The summed E-state index contributed by atoms with van der Waals surface area (Å²) in [5, 5.41) is 0. The highest BCUT2D eigenvalue weighted by molar-refractivity contribution is 5.64. The van der Waals surface area contributed by atoms with E-state index in [9.17, 15) is 0 Å². The van der Waals surface area contributed by atoms with Gasteiger partial charge in [0.15, 0.2) is 11.5 Å². The van der Waals surface area contributed by atoms with Gasteiger partial charge in [0.05, 0.1) is 0 Å². The van der Waals surface area contributed by atoms with Crippen LogP contribution in [0.2, 0.25) is 0 Å². The number of nitrogens with two attached hydrogens (primary N) is 3. The molecule has 1 atom stereocenters. The van der Waals surface area contributed by atoms with E-state index in [0.717, 1.165) is 28.8 Å². The van der Waals surface area contributed by atoms with Crippen LogP contribution in [0, 0.1) is 0 Å². The normalized spacial score (nSPS) is 16.5. The third-order valence-electron chi connectivity index (χ3n) is 6.89. The first kappa shape index (κ1) is 25.0. The Kier molecular flexibility index (Phi) is 6.84. The molecular weight excluding hydrogens is 470 g/mol. The zero-order valence-corrected chi connectivity index (χ0v) is 21.7. The van der Waals surface area contributed by atoms with Crippen LogP contribution in [0.3, 0.4) is 0 Å². The Morgan fingerprint density at radius 2 is 1.32 bits per heavy atom. The van der Waals surface area contributed by atoms with Crippen LogP contribution in [0.4, 0.5) is 17.1 Å². The third kappa shape index (κ3) is 4.96. The Labute approximate surface area is 224 Å². The predicted octanol–water partition coefficient (Wildman–Crippen LogP) is 7.94. The maximum Gasteiger partial charge on any atom is 0.174 e. The van der Waals surface area contributed by atoms with Gasteiger partial charge in [0.1, 0.15) is 11.5 Å². The summed E-state index contributed by atoms with van der Waals surface area (Å²) in [5.74, 6) is 2.75. The van der Waals surface area contributed by atoms with Crippen LogP contribution in [0.1, 0.15) is 42.9 Å². The monoisotopic (exact) mass is 503 g/mol. The Morgan fingerprint density at radius 1 is 0.684 bits per heavy atom. The Hall–Kier alpha value is -4.64. The first-order valence-electron chi connectivity index (χ1n) is 12.8. The minimum Gasteiger partial charge on any atom is -0.453 e. The summed E-state index contributed by atoms with van der Waals surface area (Å²) in [6.45, 7) is 4.29. The van der Waals surface area contributed by atoms with Crippen LogP contribution in [-0.2, 0) is 5.41 Å². The fourth-order valence-corrected chi connectivity index (χ4v) is 4.95. The second kappa shape index (κ2) is 10.4. The molecule has 0 spiro atoms. The molecule has 0 heterocycles. The largest absolute Gasteiger partial charge is 0.453 e. The number of ether oxygens (including phenoxy) is 2. The Balaban J connectivity index is 1.78. The molecule has 0 amide bonds. The van der Waals surface area contributed by atoms with Gasteiger partial charge in [0.25, 0.3) is 0 Å². The van der Waals surface area contributed by atoms with Crippen molar-refractivity contribution in [1.29, 1.82) is 0 Å². The van der Waals surface area contributed by atoms with E-state index in [1.807, 2.05) is 60.7 Å². The molecule has 4 aromatic rings. The maximum absolute atomic E-state index is 6.72. The van der Waals surface area contributed by atoms with Crippen molar-refractivity contribution in [1.82, 2.24) is 0 Å². The van der Waals surface area contributed by atoms with Crippen molar-refractivity contribution in [3.8, 4) is 23.0 Å². The quantitative estimate of drug-likeness (QED) is 0.222. The topological polar surface area (TPSA) is 96.5 Å². The van der Waals surface area contributed by atoms with E-state index in [2.05, 4.69) is 62.4 Å². The molecule has 4 aromatic carbocycles. The molecule has 0 aliphatic heterocycles. The molecule has 0 fully saturated rings. The van der Waals surface area contributed by atoms with Gasteiger partial charge < -0.3 is 26.7 Å². The number of rotatable bonds is 7. The van der Waals surface area contributed by atoms with Crippen molar-refractivity contribution in [2.75, 3.05) is 17.2 Å². The van der Waals surface area contributed by atoms with E-state index in [1.165, 1.54) is 0 Å². The van der Waals surface area contributed by atoms with Crippen molar-refractivity contribution in [2.24, 2.45) is 0 Å². The van der Waals surface area contributed by atoms with Crippen molar-refractivity contribution >= 4 is 17.1 Å². The molecule has 0 radical (unpaired) electrons. The first-order valence-corrected chi connectivity index (χ1v) is 12.8. The smallest absolute Gasteiger partial charge is 0.174 e. The number of hydrogen-bond donors (Lipinski definition) is 3. The zero-order chi connectivity index (χ0) is 26.7. The van der Waals surface area contributed by atoms with Gasteiger partial charge in [-0.3, -0.25) is 0 Å². The average molecular weight is 504 g/mol. The molecular formula is C33H33N3O2. The number of hydrogen-bond acceptors (Lipinski definition) is 5. The first-order chi connectivity index (χ1) is 18.4. The molecule has 1 aliphatic rings. The molecule has 0 saturated carbocycles. The second-order valence-corrected chi connectivity index (χ2v) is 9.95. The molecule has 5 nitrogen and oxygen atoms in total. The van der Waals surface area contributed by atoms with Gasteiger partial charge in [-0.05, 0) is 54.3 Å². The lowest BCUT2D eigenvalue weighted by Gasteiger charge is -2.35. The third-order valence-corrected chi connectivity index (χ3v) is 6.89. The lowest BCUT2D eigenvalue weighted by atomic mass is 9.69. The minimum atomic E-state index is -0.499. The van der Waals surface area contributed by atoms with Gasteiger partial charge in [0, 0.05) is 45.7 Å². The van der Waals surface area contributed by atoms with E-state index in [-0.39, 0.29) is 5.92 Å². The summed E-state index contributed by atoms with van der Waals surface area (Å²) in [5.41, 5.74) is 22.9. The van der Waals surface area contributed by atoms with Crippen LogP contribution in [0.15, 0.2) is 109 Å². The molecule has 0 saturated heterocycles. The number of allylic oxidation sites excluding steroid dienone is 4. The van der Waals surface area contributed by atoms with Gasteiger partial charge in [-0.2, -0.15) is 0 Å². The van der Waals surface area contributed by atoms with Gasteiger partial charge in [-0.25, -0.2) is 0 Å². The van der Waals surface area contributed by atoms with Crippen LogP contribution >= 0.6 is 0 Å². The molecule has 192 valence electrons. The van der Waals surface area contributed by atoms with E-state index in [0.29, 0.717) is 34.4 Å². The van der Waals surface area contributed by atoms with Crippen molar-refractivity contribution in [2.45, 2.75) is 31.6 Å². The van der Waals surface area contributed by atoms with Crippen molar-refractivity contribution < 1.29 is 9.47 Å². The molecule has 1 unspecified atom stereocenters. The SMILES string of the molecule is CC(C)c1ccc(C2(c3ccc(N)cc3)C=CC=CC2)c(Oc2cccc(N)c2)c1Oc1cccc(N)c1. The summed E-state index contributed by atoms with van der Waals surface area (Å²) < 4.78 is 13.3. The summed E-state index contributed by atoms with van der Waals surface area (Å²) in [6, 6.07) is 27.2. The minimum absolute atomic E-state index is 0.178. The number of anilines is 3. The second-order valence-electron chi connectivity index (χ2n) is 9.95. The average Bonchev–Trinajstić information content (AvgIpc) is 2.90. The van der Waals surface area contributed by atoms with Crippen LogP contribution < -0.4 is 26.7 Å². The summed E-state index contributed by atoms with van der Waals surface area (Å²) in [6.07, 6.45) is 9.30. The molecule has 0 bridgehead atoms. The molecule has 38 heavy (non-hydrogen) atoms. The summed E-state index contributed by atoms with van der Waals surface area (Å²) in [7, 11) is 0. The standard InChI is InChI=1S/C33H33N3O2/c1-22(2)29-16-17-30(33(18-4-3-5-19-33)23-12-14-24(34)15-13-23)32(38-28-11-7-9-26(36)21-28)31(29)37-27-10-6-8-25(35)20-27/h3-18,20-22H,19,34-36H2,1-2H3. The van der Waals surface area contributed by atoms with E-state index < -0.39 is 5.41 Å². The van der Waals surface area contributed by atoms with Crippen molar-refractivity contribution in [3.63, 3.8) is 0 Å². The van der Waals surface area contributed by atoms with Crippen LogP contribution in [0.25, 0.3) is 0 Å². The number of nitrogen functional groups attached to an aromatic ring is 3. The fourth-order valence-electron chi connectivity index (χ4n) is 4.95. The summed E-state index contributed by atoms with van der Waals surface area (Å²) in [4.78, 5) is 0. The van der Waals surface area contributed by atoms with Crippen molar-refractivity contribution in [3.05, 3.63) is 126 Å². The van der Waals surface area contributed by atoms with Gasteiger partial charge in [0.2, 0.25) is 0 Å². The highest BCUT2D eigenvalue weighted by Crippen LogP contribution is 2.51. The maximum atomic E-state index is 6.72. The van der Waals surface area contributed by atoms with Crippen LogP contribution in [-0.4, -0.2) is 0 Å². The molecule has 0 aromatic heterocycles. The van der Waals surface area contributed by atoms with Gasteiger partial charge >= 0.3 is 0 Å². The predicted molar refractivity (Wildman–Crippen MR) is 157 cm³/mol. The van der Waals surface area contributed by atoms with E-state index in [4.69, 9.17) is 26.7 Å². The lowest BCUT2D eigenvalue weighted by molar-refractivity contribution is 0.403. The Bertz CT molecular complexity index is 1510. The highest BCUT2D eigenvalue weighted by Gasteiger charge is 2.37. The molecule has 6 N–H and O–H groups in total.